The zero-order valence-corrected chi connectivity index (χ0v) is 12.3. The van der Waals surface area contributed by atoms with Crippen LogP contribution in [-0.4, -0.2) is 18.0 Å². The van der Waals surface area contributed by atoms with Crippen LogP contribution in [0.1, 0.15) is 23.5 Å². The number of carbonyl (C=O) groups excluding carboxylic acids is 1. The summed E-state index contributed by atoms with van der Waals surface area (Å²) < 4.78 is 12.9. The van der Waals surface area contributed by atoms with E-state index in [0.717, 1.165) is 10.4 Å². The lowest BCUT2D eigenvalue weighted by Crippen LogP contribution is -2.44. The number of halogens is 1. The Morgan fingerprint density at radius 2 is 1.90 bits per heavy atom. The number of hydrogen-bond acceptors (Lipinski definition) is 3. The zero-order chi connectivity index (χ0) is 14.8. The van der Waals surface area contributed by atoms with Gasteiger partial charge in [0.15, 0.2) is 0 Å². The number of hydrogen-bond donors (Lipinski definition) is 2. The predicted octanol–water partition coefficient (Wildman–Crippen LogP) is 3.02. The van der Waals surface area contributed by atoms with Crippen molar-refractivity contribution in [3.63, 3.8) is 0 Å². The third kappa shape index (κ3) is 3.88. The van der Waals surface area contributed by atoms with Gasteiger partial charge in [0.05, 0.1) is 4.88 Å². The van der Waals surface area contributed by atoms with Crippen LogP contribution in [0.4, 0.5) is 4.39 Å². The first-order valence-electron chi connectivity index (χ1n) is 6.28. The highest BCUT2D eigenvalue weighted by atomic mass is 32.1. The van der Waals surface area contributed by atoms with Crippen LogP contribution in [0.2, 0.25) is 0 Å². The lowest BCUT2D eigenvalue weighted by atomic mass is 10.1. The second-order valence-electron chi connectivity index (χ2n) is 5.34. The van der Waals surface area contributed by atoms with E-state index in [0.29, 0.717) is 11.4 Å². The molecule has 0 aliphatic rings. The largest absolute Gasteiger partial charge is 0.350 e. The smallest absolute Gasteiger partial charge is 0.261 e. The number of thiophene rings is 1. The Labute approximate surface area is 121 Å². The van der Waals surface area contributed by atoms with Crippen LogP contribution in [0.15, 0.2) is 36.4 Å². The van der Waals surface area contributed by atoms with E-state index in [1.54, 1.807) is 18.2 Å². The van der Waals surface area contributed by atoms with E-state index < -0.39 is 5.54 Å². The molecule has 0 aliphatic heterocycles. The summed E-state index contributed by atoms with van der Waals surface area (Å²) in [6.45, 7) is 4.12. The molecule has 5 heteroatoms. The van der Waals surface area contributed by atoms with Gasteiger partial charge >= 0.3 is 0 Å². The highest BCUT2D eigenvalue weighted by molar-refractivity contribution is 7.17. The molecule has 2 aromatic rings. The predicted molar refractivity (Wildman–Crippen MR) is 80.3 cm³/mol. The fourth-order valence-electron chi connectivity index (χ4n) is 1.62. The zero-order valence-electron chi connectivity index (χ0n) is 11.4. The van der Waals surface area contributed by atoms with Gasteiger partial charge in [-0.15, -0.1) is 11.3 Å². The fraction of sp³-hybridized carbons (Fsp3) is 0.267. The molecular formula is C15H17FN2OS. The Morgan fingerprint density at radius 3 is 2.50 bits per heavy atom. The summed E-state index contributed by atoms with van der Waals surface area (Å²) in [5.41, 5.74) is 6.29. The molecule has 1 heterocycles. The Balaban J connectivity index is 2.09. The Kier molecular flexibility index (Phi) is 4.20. The molecule has 0 aliphatic carbocycles. The van der Waals surface area contributed by atoms with Gasteiger partial charge in [0.1, 0.15) is 5.82 Å². The molecule has 0 spiro atoms. The Morgan fingerprint density at radius 1 is 1.25 bits per heavy atom. The first-order chi connectivity index (χ1) is 9.35. The first-order valence-corrected chi connectivity index (χ1v) is 7.10. The SMILES string of the molecule is CC(C)(N)CNC(=O)c1ccc(-c2ccc(F)cc2)s1. The maximum Gasteiger partial charge on any atom is 0.261 e. The van der Waals surface area contributed by atoms with Gasteiger partial charge in [-0.2, -0.15) is 0 Å². The molecule has 20 heavy (non-hydrogen) atoms. The monoisotopic (exact) mass is 292 g/mol. The van der Waals surface area contributed by atoms with E-state index in [1.165, 1.54) is 23.5 Å². The van der Waals surface area contributed by atoms with Crippen LogP contribution in [0.5, 0.6) is 0 Å². The third-order valence-electron chi connectivity index (χ3n) is 2.66. The minimum Gasteiger partial charge on any atom is -0.350 e. The molecule has 0 atom stereocenters. The molecule has 0 unspecified atom stereocenters. The van der Waals surface area contributed by atoms with E-state index in [1.807, 2.05) is 19.9 Å². The van der Waals surface area contributed by atoms with Gasteiger partial charge in [-0.05, 0) is 43.7 Å². The molecular weight excluding hydrogens is 275 g/mol. The van der Waals surface area contributed by atoms with Crippen molar-refractivity contribution in [2.24, 2.45) is 5.73 Å². The third-order valence-corrected chi connectivity index (χ3v) is 3.80. The second kappa shape index (κ2) is 5.73. The molecule has 106 valence electrons. The van der Waals surface area contributed by atoms with E-state index in [9.17, 15) is 9.18 Å². The number of carbonyl (C=O) groups is 1. The number of rotatable bonds is 4. The van der Waals surface area contributed by atoms with Gasteiger partial charge in [0, 0.05) is 17.0 Å². The summed E-state index contributed by atoms with van der Waals surface area (Å²) in [5.74, 6) is -0.407. The van der Waals surface area contributed by atoms with Crippen molar-refractivity contribution in [1.29, 1.82) is 0 Å². The quantitative estimate of drug-likeness (QED) is 0.910. The van der Waals surface area contributed by atoms with Crippen LogP contribution in [-0.2, 0) is 0 Å². The van der Waals surface area contributed by atoms with Crippen LogP contribution < -0.4 is 11.1 Å². The maximum atomic E-state index is 12.9. The summed E-state index contributed by atoms with van der Waals surface area (Å²) >= 11 is 1.38. The van der Waals surface area contributed by atoms with Gasteiger partial charge < -0.3 is 11.1 Å². The Bertz CT molecular complexity index is 599. The standard InChI is InChI=1S/C15H17FN2OS/c1-15(2,17)9-18-14(19)13-8-7-12(20-13)10-3-5-11(16)6-4-10/h3-8H,9,17H2,1-2H3,(H,18,19). The van der Waals surface area contributed by atoms with Gasteiger partial charge in [-0.1, -0.05) is 12.1 Å². The van der Waals surface area contributed by atoms with Crippen molar-refractivity contribution >= 4 is 17.2 Å². The lowest BCUT2D eigenvalue weighted by molar-refractivity contribution is 0.0950. The molecule has 3 N–H and O–H groups in total. The molecule has 0 radical (unpaired) electrons. The maximum absolute atomic E-state index is 12.9. The molecule has 3 nitrogen and oxygen atoms in total. The van der Waals surface area contributed by atoms with Crippen molar-refractivity contribution in [3.8, 4) is 10.4 Å². The number of nitrogens with two attached hydrogens (primary N) is 1. The fourth-order valence-corrected chi connectivity index (χ4v) is 2.55. The van der Waals surface area contributed by atoms with E-state index >= 15 is 0 Å². The minimum atomic E-state index is -0.438. The molecule has 0 saturated carbocycles. The van der Waals surface area contributed by atoms with Gasteiger partial charge in [-0.25, -0.2) is 4.39 Å². The minimum absolute atomic E-state index is 0.137. The average molecular weight is 292 g/mol. The van der Waals surface area contributed by atoms with E-state index in [4.69, 9.17) is 5.73 Å². The highest BCUT2D eigenvalue weighted by Crippen LogP contribution is 2.28. The summed E-state index contributed by atoms with van der Waals surface area (Å²) in [7, 11) is 0. The van der Waals surface area contributed by atoms with Crippen LogP contribution in [0.3, 0.4) is 0 Å². The summed E-state index contributed by atoms with van der Waals surface area (Å²) in [4.78, 5) is 13.5. The van der Waals surface area contributed by atoms with Crippen molar-refractivity contribution in [3.05, 3.63) is 47.1 Å². The number of nitrogens with one attached hydrogen (secondary N) is 1. The molecule has 0 fully saturated rings. The summed E-state index contributed by atoms with van der Waals surface area (Å²) in [6, 6.07) is 9.85. The molecule has 1 aromatic carbocycles. The van der Waals surface area contributed by atoms with E-state index in [-0.39, 0.29) is 11.7 Å². The van der Waals surface area contributed by atoms with E-state index in [2.05, 4.69) is 5.32 Å². The second-order valence-corrected chi connectivity index (χ2v) is 6.43. The topological polar surface area (TPSA) is 55.1 Å². The normalized spacial score (nSPS) is 11.4. The van der Waals surface area contributed by atoms with Crippen molar-refractivity contribution in [1.82, 2.24) is 5.32 Å². The lowest BCUT2D eigenvalue weighted by Gasteiger charge is -2.18. The molecule has 2 rings (SSSR count). The summed E-state index contributed by atoms with van der Waals surface area (Å²) in [5, 5.41) is 2.80. The molecule has 0 bridgehead atoms. The molecule has 1 amide bonds. The van der Waals surface area contributed by atoms with Crippen LogP contribution in [0, 0.1) is 5.82 Å². The average Bonchev–Trinajstić information content (AvgIpc) is 2.85. The van der Waals surface area contributed by atoms with Crippen LogP contribution >= 0.6 is 11.3 Å². The van der Waals surface area contributed by atoms with Gasteiger partial charge in [-0.3, -0.25) is 4.79 Å². The van der Waals surface area contributed by atoms with Gasteiger partial charge in [0.25, 0.3) is 5.91 Å². The molecule has 1 aromatic heterocycles. The van der Waals surface area contributed by atoms with Crippen LogP contribution in [0.25, 0.3) is 10.4 Å². The highest BCUT2D eigenvalue weighted by Gasteiger charge is 2.15. The number of benzene rings is 1. The Hall–Kier alpha value is -1.72. The van der Waals surface area contributed by atoms with Crippen molar-refractivity contribution in [2.75, 3.05) is 6.54 Å². The molecule has 0 saturated heterocycles. The van der Waals surface area contributed by atoms with Gasteiger partial charge in [0.2, 0.25) is 0 Å². The van der Waals surface area contributed by atoms with Crippen molar-refractivity contribution < 1.29 is 9.18 Å². The number of amides is 1. The summed E-state index contributed by atoms with van der Waals surface area (Å²) in [6.07, 6.45) is 0. The van der Waals surface area contributed by atoms with Crippen molar-refractivity contribution in [2.45, 2.75) is 19.4 Å². The first kappa shape index (κ1) is 14.7.